The standard InChI is InChI=1S/C6H10N3O2/c7-6(10)11-4-1-5-8-2-3-9-5/h2H,1,3-4H2,(H2,7,10)(H,8,9). The fourth-order valence-electron chi connectivity index (χ4n) is 0.766. The molecule has 0 unspecified atom stereocenters. The van der Waals surface area contributed by atoms with Crippen LogP contribution in [0.2, 0.25) is 0 Å². The smallest absolute Gasteiger partial charge is 0.404 e. The Hall–Kier alpha value is -1.26. The van der Waals surface area contributed by atoms with Crippen molar-refractivity contribution < 1.29 is 9.53 Å². The molecule has 0 bridgehead atoms. The number of rotatable bonds is 3. The minimum absolute atomic E-state index is 0.287. The number of nitrogens with one attached hydrogen (secondary N) is 1. The van der Waals surface area contributed by atoms with E-state index in [1.807, 2.05) is 0 Å². The van der Waals surface area contributed by atoms with Crippen LogP contribution in [-0.4, -0.2) is 25.1 Å². The van der Waals surface area contributed by atoms with Crippen molar-refractivity contribution in [3.8, 4) is 0 Å². The molecule has 3 N–H and O–H groups in total. The SMILES string of the molecule is NC(=O)OCCC1=N[CH]CN1. The highest BCUT2D eigenvalue weighted by Crippen LogP contribution is 1.94. The van der Waals surface area contributed by atoms with Gasteiger partial charge in [0.15, 0.2) is 0 Å². The predicted molar refractivity (Wildman–Crippen MR) is 39.9 cm³/mol. The number of amides is 1. The number of carbonyl (C=O) groups excluding carboxylic acids is 1. The Morgan fingerprint density at radius 3 is 3.27 bits per heavy atom. The maximum Gasteiger partial charge on any atom is 0.404 e. The van der Waals surface area contributed by atoms with E-state index in [2.05, 4.69) is 15.0 Å². The maximum absolute atomic E-state index is 10.1. The van der Waals surface area contributed by atoms with Crippen LogP contribution in [0.1, 0.15) is 6.42 Å². The van der Waals surface area contributed by atoms with E-state index >= 15 is 0 Å². The fourth-order valence-corrected chi connectivity index (χ4v) is 0.766. The molecule has 0 aromatic heterocycles. The Balaban J connectivity index is 2.07. The van der Waals surface area contributed by atoms with Gasteiger partial charge >= 0.3 is 6.09 Å². The van der Waals surface area contributed by atoms with E-state index in [1.54, 1.807) is 6.54 Å². The average Bonchev–Trinajstić information content (AvgIpc) is 2.39. The number of aliphatic imine (C=N–C) groups is 1. The van der Waals surface area contributed by atoms with Crippen molar-refractivity contribution in [3.05, 3.63) is 6.54 Å². The lowest BCUT2D eigenvalue weighted by atomic mass is 10.4. The highest BCUT2D eigenvalue weighted by atomic mass is 16.5. The summed E-state index contributed by atoms with van der Waals surface area (Å²) in [6, 6.07) is 0. The second-order valence-electron chi connectivity index (χ2n) is 2.06. The third-order valence-corrected chi connectivity index (χ3v) is 1.23. The maximum atomic E-state index is 10.1. The molecule has 11 heavy (non-hydrogen) atoms. The van der Waals surface area contributed by atoms with Gasteiger partial charge in [-0.2, -0.15) is 0 Å². The monoisotopic (exact) mass is 156 g/mol. The number of carbonyl (C=O) groups is 1. The quantitative estimate of drug-likeness (QED) is 0.585. The molecule has 0 aromatic rings. The Morgan fingerprint density at radius 1 is 1.91 bits per heavy atom. The minimum Gasteiger partial charge on any atom is -0.449 e. The second-order valence-corrected chi connectivity index (χ2v) is 2.06. The molecule has 1 aliphatic rings. The van der Waals surface area contributed by atoms with E-state index in [-0.39, 0.29) is 6.61 Å². The summed E-state index contributed by atoms with van der Waals surface area (Å²) in [4.78, 5) is 14.1. The van der Waals surface area contributed by atoms with Crippen molar-refractivity contribution in [1.29, 1.82) is 0 Å². The van der Waals surface area contributed by atoms with Crippen molar-refractivity contribution in [3.63, 3.8) is 0 Å². The van der Waals surface area contributed by atoms with Crippen molar-refractivity contribution in [2.75, 3.05) is 13.2 Å². The first kappa shape index (κ1) is 7.84. The normalized spacial score (nSPS) is 15.5. The van der Waals surface area contributed by atoms with Crippen molar-refractivity contribution in [2.45, 2.75) is 6.42 Å². The Bertz CT molecular complexity index is 179. The number of primary amides is 1. The van der Waals surface area contributed by atoms with Crippen LogP contribution in [0.5, 0.6) is 0 Å². The van der Waals surface area contributed by atoms with E-state index in [1.165, 1.54) is 0 Å². The molecular weight excluding hydrogens is 146 g/mol. The molecule has 5 heteroatoms. The van der Waals surface area contributed by atoms with E-state index in [9.17, 15) is 4.79 Å². The van der Waals surface area contributed by atoms with Crippen molar-refractivity contribution in [2.24, 2.45) is 10.7 Å². The number of amidine groups is 1. The highest BCUT2D eigenvalue weighted by Gasteiger charge is 2.04. The molecular formula is C6H10N3O2. The van der Waals surface area contributed by atoms with Crippen molar-refractivity contribution >= 4 is 11.9 Å². The van der Waals surface area contributed by atoms with E-state index in [0.29, 0.717) is 6.42 Å². The molecule has 0 aromatic carbocycles. The molecule has 61 valence electrons. The van der Waals surface area contributed by atoms with Crippen LogP contribution in [0, 0.1) is 6.54 Å². The van der Waals surface area contributed by atoms with Crippen LogP contribution in [0.25, 0.3) is 0 Å². The summed E-state index contributed by atoms with van der Waals surface area (Å²) >= 11 is 0. The molecule has 0 spiro atoms. The molecule has 0 saturated carbocycles. The van der Waals surface area contributed by atoms with Gasteiger partial charge in [-0.1, -0.05) is 0 Å². The molecule has 0 saturated heterocycles. The summed E-state index contributed by atoms with van der Waals surface area (Å²) in [5.41, 5.74) is 4.75. The zero-order valence-corrected chi connectivity index (χ0v) is 6.04. The average molecular weight is 156 g/mol. The number of nitrogens with two attached hydrogens (primary N) is 1. The molecule has 1 amide bonds. The third-order valence-electron chi connectivity index (χ3n) is 1.23. The van der Waals surface area contributed by atoms with Crippen LogP contribution in [0.3, 0.4) is 0 Å². The lowest BCUT2D eigenvalue weighted by molar-refractivity contribution is 0.160. The Morgan fingerprint density at radius 2 is 2.73 bits per heavy atom. The van der Waals surface area contributed by atoms with Gasteiger partial charge in [0.05, 0.1) is 6.54 Å². The van der Waals surface area contributed by atoms with Gasteiger partial charge in [-0.3, -0.25) is 4.99 Å². The Labute approximate surface area is 64.6 Å². The van der Waals surface area contributed by atoms with Crippen LogP contribution >= 0.6 is 0 Å². The van der Waals surface area contributed by atoms with Crippen LogP contribution in [0.4, 0.5) is 4.79 Å². The number of nitrogens with zero attached hydrogens (tertiary/aromatic N) is 1. The third kappa shape index (κ3) is 2.88. The molecule has 0 fully saturated rings. The van der Waals surface area contributed by atoms with Crippen LogP contribution < -0.4 is 11.1 Å². The van der Waals surface area contributed by atoms with Gasteiger partial charge in [0.1, 0.15) is 12.4 Å². The summed E-state index contributed by atoms with van der Waals surface area (Å²) in [5, 5.41) is 2.99. The van der Waals surface area contributed by atoms with Crippen LogP contribution in [0.15, 0.2) is 4.99 Å². The first-order chi connectivity index (χ1) is 5.29. The van der Waals surface area contributed by atoms with Gasteiger partial charge in [-0.15, -0.1) is 0 Å². The largest absolute Gasteiger partial charge is 0.449 e. The molecule has 1 radical (unpaired) electrons. The summed E-state index contributed by atoms with van der Waals surface area (Å²) in [6.07, 6.45) is -0.146. The zero-order valence-electron chi connectivity index (χ0n) is 6.04. The topological polar surface area (TPSA) is 76.7 Å². The molecule has 1 aliphatic heterocycles. The first-order valence-electron chi connectivity index (χ1n) is 3.33. The van der Waals surface area contributed by atoms with Gasteiger partial charge < -0.3 is 15.8 Å². The van der Waals surface area contributed by atoms with Gasteiger partial charge in [0.2, 0.25) is 0 Å². The number of hydrogen-bond donors (Lipinski definition) is 2. The molecule has 5 nitrogen and oxygen atoms in total. The minimum atomic E-state index is -0.743. The van der Waals surface area contributed by atoms with Gasteiger partial charge in [-0.25, -0.2) is 4.79 Å². The lowest BCUT2D eigenvalue weighted by Crippen LogP contribution is -2.21. The van der Waals surface area contributed by atoms with Gasteiger partial charge in [0, 0.05) is 13.0 Å². The fraction of sp³-hybridized carbons (Fsp3) is 0.500. The predicted octanol–water partition coefficient (Wildman–Crippen LogP) is -0.365. The highest BCUT2D eigenvalue weighted by molar-refractivity contribution is 5.84. The van der Waals surface area contributed by atoms with E-state index in [4.69, 9.17) is 5.73 Å². The van der Waals surface area contributed by atoms with E-state index < -0.39 is 6.09 Å². The second kappa shape index (κ2) is 3.80. The van der Waals surface area contributed by atoms with Gasteiger partial charge in [-0.05, 0) is 0 Å². The van der Waals surface area contributed by atoms with Gasteiger partial charge in [0.25, 0.3) is 0 Å². The molecule has 0 atom stereocenters. The van der Waals surface area contributed by atoms with E-state index in [0.717, 1.165) is 12.4 Å². The molecule has 1 heterocycles. The first-order valence-corrected chi connectivity index (χ1v) is 3.33. The molecule has 0 aliphatic carbocycles. The van der Waals surface area contributed by atoms with Crippen LogP contribution in [-0.2, 0) is 4.74 Å². The summed E-state index contributed by atoms with van der Waals surface area (Å²) in [5.74, 6) is 0.839. The van der Waals surface area contributed by atoms with Crippen molar-refractivity contribution in [1.82, 2.24) is 5.32 Å². The number of hydrogen-bond acceptors (Lipinski definition) is 4. The summed E-state index contributed by atoms with van der Waals surface area (Å²) in [7, 11) is 0. The zero-order chi connectivity index (χ0) is 8.10. The Kier molecular flexibility index (Phi) is 2.71. The lowest BCUT2D eigenvalue weighted by Gasteiger charge is -2.01. The number of ether oxygens (including phenoxy) is 1. The summed E-state index contributed by atoms with van der Waals surface area (Å²) in [6.45, 7) is 2.81. The summed E-state index contributed by atoms with van der Waals surface area (Å²) < 4.78 is 4.51. The molecule has 1 rings (SSSR count).